The molecule has 0 bridgehead atoms. The van der Waals surface area contributed by atoms with Crippen molar-refractivity contribution in [2.45, 2.75) is 89.1 Å². The molecule has 0 radical (unpaired) electrons. The van der Waals surface area contributed by atoms with Crippen LogP contribution in [-0.4, -0.2) is 47.1 Å². The number of halogens is 4. The van der Waals surface area contributed by atoms with Crippen molar-refractivity contribution in [3.05, 3.63) is 137 Å². The van der Waals surface area contributed by atoms with Gasteiger partial charge in [0.25, 0.3) is 0 Å². The molecule has 0 unspecified atom stereocenters. The van der Waals surface area contributed by atoms with E-state index in [0.717, 1.165) is 79.7 Å². The molecule has 11 nitrogen and oxygen atoms in total. The van der Waals surface area contributed by atoms with Crippen LogP contribution >= 0.6 is 11.6 Å². The van der Waals surface area contributed by atoms with E-state index < -0.39 is 23.8 Å². The predicted molar refractivity (Wildman–Crippen MR) is 241 cm³/mol. The van der Waals surface area contributed by atoms with Gasteiger partial charge in [0.05, 0.1) is 16.4 Å². The summed E-state index contributed by atoms with van der Waals surface area (Å²) in [7, 11) is 0. The second-order valence-electron chi connectivity index (χ2n) is 16.5. The van der Waals surface area contributed by atoms with Crippen molar-refractivity contribution in [1.82, 2.24) is 24.9 Å². The van der Waals surface area contributed by atoms with Crippen LogP contribution < -0.4 is 10.6 Å². The lowest BCUT2D eigenvalue weighted by Crippen LogP contribution is -2.16. The molecule has 2 saturated carbocycles. The number of aromatic nitrogens is 5. The summed E-state index contributed by atoms with van der Waals surface area (Å²) in [6.07, 6.45) is 11.0. The van der Waals surface area contributed by atoms with Gasteiger partial charge in [-0.2, -0.15) is 13.2 Å². The number of carbonyl (C=O) groups is 2. The van der Waals surface area contributed by atoms with Crippen molar-refractivity contribution in [3.8, 4) is 22.3 Å². The highest BCUT2D eigenvalue weighted by molar-refractivity contribution is 6.30. The first kappa shape index (κ1) is 45.6. The molecule has 0 saturated heterocycles. The van der Waals surface area contributed by atoms with Crippen LogP contribution in [0.5, 0.6) is 0 Å². The maximum Gasteiger partial charge on any atom is 0.433 e. The number of aryl methyl sites for hydroxylation is 1. The van der Waals surface area contributed by atoms with Crippen LogP contribution in [0.4, 0.5) is 36.4 Å². The fourth-order valence-electron chi connectivity index (χ4n) is 8.52. The van der Waals surface area contributed by atoms with Crippen molar-refractivity contribution in [2.24, 2.45) is 11.8 Å². The highest BCUT2D eigenvalue weighted by Gasteiger charge is 2.33. The fraction of sp³-hybridized carbons (Fsp3) is 0.327. The number of benzene rings is 2. The summed E-state index contributed by atoms with van der Waals surface area (Å²) in [6.45, 7) is 1.52. The Bertz CT molecular complexity index is 2480. The van der Waals surface area contributed by atoms with Crippen molar-refractivity contribution < 1.29 is 33.0 Å². The van der Waals surface area contributed by atoms with Crippen LogP contribution in [0.1, 0.15) is 98.6 Å². The van der Waals surface area contributed by atoms with Crippen LogP contribution in [0, 0.1) is 18.8 Å². The standard InChI is InChI=1S/C26H26F3N3O2.C23H23ClN4O2/c1-16-22(11-12-23(31-16)26(27,28)29)32-24-13-10-21(15-30-24)20-8-6-19(7-9-20)18-4-2-17(3-5-18)14-25(33)34;24-20-9-10-21(25-14-20)28-23-26-12-19(13-27-23)18-7-5-17(6-8-18)16-3-1-15(2-4-16)11-22(29)30/h6-13,15,17-18H,2-5,14H2,1H3,(H,30,32)(H,33,34);5-10,12-16H,1-4,11H2,(H,29,30)(H,25,26,27,28). The Kier molecular flexibility index (Phi) is 14.9. The van der Waals surface area contributed by atoms with Gasteiger partial charge in [0.2, 0.25) is 5.95 Å². The lowest BCUT2D eigenvalue weighted by atomic mass is 9.77. The molecule has 4 aromatic heterocycles. The van der Waals surface area contributed by atoms with Crippen molar-refractivity contribution >= 4 is 46.8 Å². The summed E-state index contributed by atoms with van der Waals surface area (Å²) in [4.78, 5) is 42.8. The summed E-state index contributed by atoms with van der Waals surface area (Å²) in [5.74, 6) is 1.81. The second kappa shape index (κ2) is 20.8. The quantitative estimate of drug-likeness (QED) is 0.0924. The van der Waals surface area contributed by atoms with E-state index in [4.69, 9.17) is 21.8 Å². The van der Waals surface area contributed by atoms with Crippen LogP contribution in [0.3, 0.4) is 0 Å². The number of rotatable bonds is 12. The van der Waals surface area contributed by atoms with Crippen molar-refractivity contribution in [2.75, 3.05) is 10.6 Å². The van der Waals surface area contributed by atoms with Gasteiger partial charge in [0.15, 0.2) is 0 Å². The number of carboxylic acids is 2. The van der Waals surface area contributed by atoms with Crippen molar-refractivity contribution in [1.29, 1.82) is 0 Å². The van der Waals surface area contributed by atoms with Gasteiger partial charge in [-0.25, -0.2) is 24.9 Å². The molecule has 0 amide bonds. The summed E-state index contributed by atoms with van der Waals surface area (Å²) in [5, 5.41) is 24.6. The van der Waals surface area contributed by atoms with Gasteiger partial charge in [-0.05, 0) is 141 Å². The van der Waals surface area contributed by atoms with Crippen molar-refractivity contribution in [3.63, 3.8) is 0 Å². The monoisotopic (exact) mass is 891 g/mol. The zero-order valence-electron chi connectivity index (χ0n) is 35.2. The third-order valence-corrected chi connectivity index (χ3v) is 12.3. The molecule has 2 aromatic carbocycles. The zero-order chi connectivity index (χ0) is 45.2. The topological polar surface area (TPSA) is 163 Å². The van der Waals surface area contributed by atoms with E-state index in [1.807, 2.05) is 6.07 Å². The summed E-state index contributed by atoms with van der Waals surface area (Å²) < 4.78 is 38.4. The van der Waals surface area contributed by atoms with E-state index in [-0.39, 0.29) is 18.0 Å². The first-order valence-corrected chi connectivity index (χ1v) is 21.8. The lowest BCUT2D eigenvalue weighted by molar-refractivity contribution is -0.141. The van der Waals surface area contributed by atoms with Crippen LogP contribution in [0.15, 0.2) is 110 Å². The number of nitrogens with one attached hydrogen (secondary N) is 2. The van der Waals surface area contributed by atoms with E-state index in [0.29, 0.717) is 52.5 Å². The van der Waals surface area contributed by atoms with Crippen LogP contribution in [0.25, 0.3) is 22.3 Å². The van der Waals surface area contributed by atoms with Gasteiger partial charge >= 0.3 is 18.1 Å². The molecule has 2 fully saturated rings. The highest BCUT2D eigenvalue weighted by atomic mass is 35.5. The predicted octanol–water partition coefficient (Wildman–Crippen LogP) is 12.6. The first-order chi connectivity index (χ1) is 30.7. The lowest BCUT2D eigenvalue weighted by Gasteiger charge is -2.28. The normalized spacial score (nSPS) is 18.6. The Labute approximate surface area is 374 Å². The zero-order valence-corrected chi connectivity index (χ0v) is 36.0. The smallest absolute Gasteiger partial charge is 0.433 e. The van der Waals surface area contributed by atoms with Gasteiger partial charge in [0.1, 0.15) is 17.3 Å². The molecule has 0 aliphatic heterocycles. The van der Waals surface area contributed by atoms with Gasteiger partial charge in [-0.15, -0.1) is 0 Å². The van der Waals surface area contributed by atoms with Gasteiger partial charge in [-0.1, -0.05) is 60.1 Å². The average Bonchev–Trinajstić information content (AvgIpc) is 3.29. The van der Waals surface area contributed by atoms with E-state index >= 15 is 0 Å². The van der Waals surface area contributed by atoms with Crippen LogP contribution in [0.2, 0.25) is 5.02 Å². The van der Waals surface area contributed by atoms with Gasteiger partial charge < -0.3 is 20.8 Å². The Hall–Kier alpha value is -6.41. The molecule has 2 aliphatic carbocycles. The minimum Gasteiger partial charge on any atom is -0.481 e. The summed E-state index contributed by atoms with van der Waals surface area (Å²) >= 11 is 5.85. The van der Waals surface area contributed by atoms with E-state index in [9.17, 15) is 22.8 Å². The maximum atomic E-state index is 12.8. The second-order valence-corrected chi connectivity index (χ2v) is 17.0. The molecular weight excluding hydrogens is 843 g/mol. The van der Waals surface area contributed by atoms with E-state index in [2.05, 4.69) is 84.1 Å². The highest BCUT2D eigenvalue weighted by Crippen LogP contribution is 2.39. The minimum atomic E-state index is -4.47. The number of hydrogen-bond acceptors (Lipinski definition) is 9. The molecule has 15 heteroatoms. The Morgan fingerprint density at radius 3 is 1.52 bits per heavy atom. The summed E-state index contributed by atoms with van der Waals surface area (Å²) in [6, 6.07) is 26.4. The number of carboxylic acid groups (broad SMARTS) is 2. The third kappa shape index (κ3) is 12.6. The summed E-state index contributed by atoms with van der Waals surface area (Å²) in [5.41, 5.74) is 6.35. The fourth-order valence-corrected chi connectivity index (χ4v) is 8.63. The van der Waals surface area contributed by atoms with Gasteiger partial charge in [0, 0.05) is 48.8 Å². The number of nitrogens with zero attached hydrogens (tertiary/aromatic N) is 5. The molecule has 0 atom stereocenters. The van der Waals surface area contributed by atoms with E-state index in [1.165, 1.54) is 24.1 Å². The molecule has 64 heavy (non-hydrogen) atoms. The minimum absolute atomic E-state index is 0.244. The van der Waals surface area contributed by atoms with E-state index in [1.54, 1.807) is 43.0 Å². The molecule has 4 N–H and O–H groups in total. The number of pyridine rings is 3. The number of anilines is 4. The van der Waals surface area contributed by atoms with Crippen LogP contribution in [-0.2, 0) is 15.8 Å². The maximum absolute atomic E-state index is 12.8. The molecule has 4 heterocycles. The first-order valence-electron chi connectivity index (χ1n) is 21.4. The SMILES string of the molecule is Cc1nc(C(F)(F)F)ccc1Nc1ccc(-c2ccc(C3CCC(CC(=O)O)CC3)cc2)cn1.O=C(O)CC1CCC(c2ccc(-c3cnc(Nc4ccc(Cl)cn4)nc3)cc2)CC1. The Morgan fingerprint density at radius 2 is 1.06 bits per heavy atom. The number of aliphatic carboxylic acids is 2. The molecule has 332 valence electrons. The Morgan fingerprint density at radius 1 is 0.594 bits per heavy atom. The molecule has 0 spiro atoms. The molecular formula is C49H49ClF3N7O4. The Balaban J connectivity index is 0.000000193. The molecule has 8 rings (SSSR count). The largest absolute Gasteiger partial charge is 0.481 e. The van der Waals surface area contributed by atoms with Gasteiger partial charge in [-0.3, -0.25) is 9.59 Å². The molecule has 2 aliphatic rings. The third-order valence-electron chi connectivity index (χ3n) is 12.1. The molecule has 6 aromatic rings. The average molecular weight is 892 g/mol. The number of hydrogen-bond donors (Lipinski definition) is 4. The number of alkyl halides is 3.